The number of aryl methyl sites for hydroxylation is 2. The lowest BCUT2D eigenvalue weighted by Gasteiger charge is -2.30. The van der Waals surface area contributed by atoms with E-state index in [9.17, 15) is 19.2 Å². The zero-order valence-electron chi connectivity index (χ0n) is 31.0. The Labute approximate surface area is 322 Å². The molecule has 12 heteroatoms. The molecule has 0 aliphatic carbocycles. The number of fused-ring (bicyclic) bond motifs is 2. The van der Waals surface area contributed by atoms with Crippen LogP contribution in [-0.2, 0) is 21.4 Å². The van der Waals surface area contributed by atoms with E-state index in [1.54, 1.807) is 16.8 Å². The quantitative estimate of drug-likeness (QED) is 0.153. The first-order valence-corrected chi connectivity index (χ1v) is 18.5. The number of imide groups is 1. The van der Waals surface area contributed by atoms with Crippen LogP contribution in [0.15, 0.2) is 96.1 Å². The summed E-state index contributed by atoms with van der Waals surface area (Å²) in [7, 11) is 1.83. The van der Waals surface area contributed by atoms with Gasteiger partial charge in [0.2, 0.25) is 11.8 Å². The van der Waals surface area contributed by atoms with Crippen molar-refractivity contribution < 1.29 is 19.1 Å². The molecular formula is C44H39N7O5. The fraction of sp³-hybridized carbons (Fsp3) is 0.227. The smallest absolute Gasteiger partial charge is 0.270 e. The van der Waals surface area contributed by atoms with Crippen LogP contribution in [0.25, 0.3) is 44.1 Å². The summed E-state index contributed by atoms with van der Waals surface area (Å²) in [6, 6.07) is 24.8. The fourth-order valence-electron chi connectivity index (χ4n) is 7.26. The van der Waals surface area contributed by atoms with Gasteiger partial charge in [0.15, 0.2) is 0 Å². The molecule has 8 rings (SSSR count). The predicted octanol–water partition coefficient (Wildman–Crippen LogP) is 4.96. The number of pyridine rings is 3. The van der Waals surface area contributed by atoms with Crippen LogP contribution < -0.4 is 26.4 Å². The molecule has 3 N–H and O–H groups in total. The molecule has 12 nitrogen and oxygen atoms in total. The first-order chi connectivity index (χ1) is 27.2. The van der Waals surface area contributed by atoms with Gasteiger partial charge in [-0.05, 0) is 84.5 Å². The second kappa shape index (κ2) is 15.5. The number of nitrogens with zero attached hydrogens (tertiary/aromatic N) is 4. The molecule has 0 bridgehead atoms. The van der Waals surface area contributed by atoms with Gasteiger partial charge < -0.3 is 24.8 Å². The normalized spacial score (nSPS) is 15.6. The van der Waals surface area contributed by atoms with Gasteiger partial charge in [0.25, 0.3) is 11.5 Å². The molecule has 2 saturated heterocycles. The molecular weight excluding hydrogens is 707 g/mol. The molecule has 280 valence electrons. The van der Waals surface area contributed by atoms with E-state index >= 15 is 0 Å². The van der Waals surface area contributed by atoms with Gasteiger partial charge in [-0.2, -0.15) is 0 Å². The van der Waals surface area contributed by atoms with Crippen LogP contribution in [0, 0.1) is 18.8 Å². The molecule has 3 aromatic heterocycles. The molecule has 2 fully saturated rings. The third-order valence-corrected chi connectivity index (χ3v) is 10.2. The van der Waals surface area contributed by atoms with Crippen LogP contribution >= 0.6 is 0 Å². The van der Waals surface area contributed by atoms with Crippen LogP contribution in [0.4, 0.5) is 11.4 Å². The average Bonchev–Trinajstić information content (AvgIpc) is 3.22. The van der Waals surface area contributed by atoms with Gasteiger partial charge in [0.05, 0.1) is 31.0 Å². The Kier molecular flexibility index (Phi) is 10.00. The zero-order valence-corrected chi connectivity index (χ0v) is 31.0. The van der Waals surface area contributed by atoms with Gasteiger partial charge in [0, 0.05) is 77.8 Å². The van der Waals surface area contributed by atoms with Crippen molar-refractivity contribution >= 4 is 50.8 Å². The number of hydrogen-bond donors (Lipinski definition) is 3. The first-order valence-electron chi connectivity index (χ1n) is 18.5. The lowest BCUT2D eigenvalue weighted by atomic mass is 9.94. The Balaban J connectivity index is 0.980. The van der Waals surface area contributed by atoms with Gasteiger partial charge in [-0.3, -0.25) is 34.5 Å². The molecule has 56 heavy (non-hydrogen) atoms. The van der Waals surface area contributed by atoms with Crippen LogP contribution in [0.5, 0.6) is 0 Å². The van der Waals surface area contributed by atoms with Crippen molar-refractivity contribution in [2.24, 2.45) is 7.05 Å². The van der Waals surface area contributed by atoms with E-state index in [1.165, 1.54) is 0 Å². The van der Waals surface area contributed by atoms with Crippen molar-refractivity contribution in [3.05, 3.63) is 118 Å². The van der Waals surface area contributed by atoms with E-state index in [0.29, 0.717) is 36.4 Å². The van der Waals surface area contributed by atoms with Crippen molar-refractivity contribution in [2.45, 2.75) is 25.8 Å². The highest BCUT2D eigenvalue weighted by molar-refractivity contribution is 6.06. The molecule has 0 radical (unpaired) electrons. The number of anilines is 2. The third-order valence-electron chi connectivity index (χ3n) is 10.2. The van der Waals surface area contributed by atoms with Crippen molar-refractivity contribution in [3.8, 4) is 34.2 Å². The zero-order chi connectivity index (χ0) is 38.8. The summed E-state index contributed by atoms with van der Waals surface area (Å²) in [5, 5.41) is 11.3. The van der Waals surface area contributed by atoms with Gasteiger partial charge in [0.1, 0.15) is 11.7 Å². The summed E-state index contributed by atoms with van der Waals surface area (Å²) in [5.74, 6) is 5.04. The molecule has 1 atom stereocenters. The highest BCUT2D eigenvalue weighted by Gasteiger charge is 2.26. The van der Waals surface area contributed by atoms with Crippen molar-refractivity contribution in [2.75, 3.05) is 43.1 Å². The van der Waals surface area contributed by atoms with Crippen molar-refractivity contribution in [1.29, 1.82) is 0 Å². The Bertz CT molecular complexity index is 2650. The van der Waals surface area contributed by atoms with Gasteiger partial charge in [-0.25, -0.2) is 0 Å². The molecule has 1 unspecified atom stereocenters. The summed E-state index contributed by atoms with van der Waals surface area (Å²) in [5.41, 5.74) is 7.80. The van der Waals surface area contributed by atoms with E-state index in [4.69, 9.17) is 9.72 Å². The molecule has 0 spiro atoms. The lowest BCUT2D eigenvalue weighted by molar-refractivity contribution is -0.133. The summed E-state index contributed by atoms with van der Waals surface area (Å²) >= 11 is 0. The number of amides is 3. The van der Waals surface area contributed by atoms with Gasteiger partial charge in [-0.15, -0.1) is 0 Å². The monoisotopic (exact) mass is 745 g/mol. The number of ether oxygens (including phenoxy) is 1. The maximum Gasteiger partial charge on any atom is 0.270 e. The molecule has 2 aliphatic heterocycles. The Morgan fingerprint density at radius 1 is 0.929 bits per heavy atom. The second-order valence-electron chi connectivity index (χ2n) is 14.0. The maximum atomic E-state index is 13.0. The number of morpholine rings is 1. The van der Waals surface area contributed by atoms with Crippen LogP contribution in [0.2, 0.25) is 0 Å². The van der Waals surface area contributed by atoms with E-state index in [1.807, 2.05) is 68.7 Å². The van der Waals surface area contributed by atoms with E-state index in [0.717, 1.165) is 62.8 Å². The van der Waals surface area contributed by atoms with Crippen LogP contribution in [0.3, 0.4) is 0 Å². The lowest BCUT2D eigenvalue weighted by Crippen LogP contribution is -2.47. The standard InChI is InChI=1S/C44H39N7O5/c1-27-20-35-34(23-32(51-16-18-56-19-17-51)24-40(35)50(2)44(27)55)33-10-4-8-29-22-39(47-26-36(29)33)30-11-12-37(46-25-30)42(53)45-15-5-7-28-6-3-9-31(21-28)48-38-13-14-41(52)49-43(38)54/h3-4,6,8-12,20-26,38,48H,13-19H2,1-2H3,(H,45,53)(H,49,52,54). The van der Waals surface area contributed by atoms with Crippen molar-refractivity contribution in [1.82, 2.24) is 25.2 Å². The highest BCUT2D eigenvalue weighted by Crippen LogP contribution is 2.38. The van der Waals surface area contributed by atoms with E-state index in [2.05, 4.69) is 61.9 Å². The first kappa shape index (κ1) is 36.2. The summed E-state index contributed by atoms with van der Waals surface area (Å²) in [6.07, 6.45) is 4.23. The Hall–Kier alpha value is -6.84. The number of aromatic nitrogens is 3. The SMILES string of the molecule is Cc1cc2c(-c3cccc4cc(-c5ccc(C(=O)NCC#Cc6cccc(NC7CCC(=O)NC7=O)c6)nc5)ncc34)cc(N3CCOCC3)cc2n(C)c1=O. The van der Waals surface area contributed by atoms with Gasteiger partial charge in [-0.1, -0.05) is 36.1 Å². The maximum absolute atomic E-state index is 13.0. The second-order valence-corrected chi connectivity index (χ2v) is 14.0. The minimum atomic E-state index is -0.488. The Morgan fingerprint density at radius 2 is 1.77 bits per heavy atom. The fourth-order valence-corrected chi connectivity index (χ4v) is 7.26. The molecule has 5 heterocycles. The predicted molar refractivity (Wildman–Crippen MR) is 216 cm³/mol. The molecule has 3 amide bonds. The van der Waals surface area contributed by atoms with Crippen molar-refractivity contribution in [3.63, 3.8) is 0 Å². The number of hydrogen-bond acceptors (Lipinski definition) is 9. The minimum absolute atomic E-state index is 0.0151. The average molecular weight is 746 g/mol. The molecule has 2 aliphatic rings. The molecule has 0 saturated carbocycles. The number of carbonyl (C=O) groups is 3. The topological polar surface area (TPSA) is 148 Å². The minimum Gasteiger partial charge on any atom is -0.378 e. The van der Waals surface area contributed by atoms with E-state index in [-0.39, 0.29) is 41.9 Å². The summed E-state index contributed by atoms with van der Waals surface area (Å²) in [4.78, 5) is 61.0. The highest BCUT2D eigenvalue weighted by atomic mass is 16.5. The summed E-state index contributed by atoms with van der Waals surface area (Å²) in [6.45, 7) is 4.83. The van der Waals surface area contributed by atoms with Gasteiger partial charge >= 0.3 is 0 Å². The summed E-state index contributed by atoms with van der Waals surface area (Å²) < 4.78 is 7.35. The third kappa shape index (κ3) is 7.45. The van der Waals surface area contributed by atoms with E-state index < -0.39 is 6.04 Å². The largest absolute Gasteiger partial charge is 0.378 e. The van der Waals surface area contributed by atoms with Crippen LogP contribution in [-0.4, -0.2) is 71.1 Å². The Morgan fingerprint density at radius 3 is 2.57 bits per heavy atom. The number of nitrogens with one attached hydrogen (secondary N) is 3. The number of piperidine rings is 1. The molecule has 3 aromatic carbocycles. The number of rotatable bonds is 7. The number of benzene rings is 3. The van der Waals surface area contributed by atoms with Crippen LogP contribution in [0.1, 0.15) is 34.5 Å². The molecule has 6 aromatic rings. The number of carbonyl (C=O) groups excluding carboxylic acids is 3.